The third-order valence-electron chi connectivity index (χ3n) is 3.52. The summed E-state index contributed by atoms with van der Waals surface area (Å²) in [5.41, 5.74) is 1.83. The van der Waals surface area contributed by atoms with E-state index in [0.717, 1.165) is 5.56 Å². The summed E-state index contributed by atoms with van der Waals surface area (Å²) in [6.45, 7) is 6.80. The Bertz CT molecular complexity index is 631. The number of hydrogen-bond donors (Lipinski definition) is 1. The lowest BCUT2D eigenvalue weighted by molar-refractivity contribution is -0.117. The fourth-order valence-electron chi connectivity index (χ4n) is 1.84. The fourth-order valence-corrected chi connectivity index (χ4v) is 1.84. The Hall–Kier alpha value is -2.43. The van der Waals surface area contributed by atoms with Gasteiger partial charge in [0.2, 0.25) is 5.91 Å². The molecule has 5 heteroatoms. The minimum absolute atomic E-state index is 0.112. The van der Waals surface area contributed by atoms with Crippen LogP contribution >= 0.6 is 0 Å². The Labute approximate surface area is 131 Å². The molecule has 0 aliphatic carbocycles. The van der Waals surface area contributed by atoms with Gasteiger partial charge in [0.1, 0.15) is 5.69 Å². The molecular weight excluding hydrogens is 276 g/mol. The molecule has 1 N–H and O–H groups in total. The summed E-state index contributed by atoms with van der Waals surface area (Å²) in [5, 5.41) is 11.0. The monoisotopic (exact) mass is 298 g/mol. The molecular formula is C17H22N4O. The van der Waals surface area contributed by atoms with E-state index in [4.69, 9.17) is 0 Å². The zero-order valence-electron chi connectivity index (χ0n) is 13.2. The molecule has 0 spiro atoms. The van der Waals surface area contributed by atoms with Crippen LogP contribution in [0.5, 0.6) is 0 Å². The van der Waals surface area contributed by atoms with Crippen LogP contribution in [0.15, 0.2) is 42.6 Å². The summed E-state index contributed by atoms with van der Waals surface area (Å²) in [7, 11) is 0. The molecule has 1 aromatic carbocycles. The van der Waals surface area contributed by atoms with Crippen molar-refractivity contribution >= 4 is 12.0 Å². The van der Waals surface area contributed by atoms with Crippen LogP contribution in [0.3, 0.4) is 0 Å². The molecule has 2 rings (SSSR count). The van der Waals surface area contributed by atoms with Gasteiger partial charge in [0.15, 0.2) is 0 Å². The van der Waals surface area contributed by atoms with Crippen molar-refractivity contribution in [2.45, 2.75) is 33.4 Å². The van der Waals surface area contributed by atoms with Crippen LogP contribution in [0.4, 0.5) is 0 Å². The Morgan fingerprint density at radius 3 is 2.68 bits per heavy atom. The molecule has 116 valence electrons. The van der Waals surface area contributed by atoms with Crippen LogP contribution in [-0.4, -0.2) is 26.9 Å². The number of rotatable bonds is 6. The third-order valence-corrected chi connectivity index (χ3v) is 3.52. The maximum atomic E-state index is 11.8. The van der Waals surface area contributed by atoms with Crippen molar-refractivity contribution in [3.05, 3.63) is 53.9 Å². The first-order chi connectivity index (χ1) is 10.5. The molecule has 2 aromatic rings. The highest BCUT2D eigenvalue weighted by Crippen LogP contribution is 2.04. The highest BCUT2D eigenvalue weighted by molar-refractivity contribution is 5.91. The van der Waals surface area contributed by atoms with Crippen molar-refractivity contribution < 1.29 is 4.79 Å². The van der Waals surface area contributed by atoms with Gasteiger partial charge in [-0.2, -0.15) is 0 Å². The zero-order valence-corrected chi connectivity index (χ0v) is 13.2. The summed E-state index contributed by atoms with van der Waals surface area (Å²) in [5.74, 6) is 0.294. The molecule has 0 aliphatic rings. The van der Waals surface area contributed by atoms with E-state index in [9.17, 15) is 4.79 Å². The smallest absolute Gasteiger partial charge is 0.244 e. The fraction of sp³-hybridized carbons (Fsp3) is 0.353. The lowest BCUT2D eigenvalue weighted by atomic mass is 10.1. The first-order valence-corrected chi connectivity index (χ1v) is 7.47. The van der Waals surface area contributed by atoms with E-state index < -0.39 is 0 Å². The maximum Gasteiger partial charge on any atom is 0.244 e. The molecule has 1 atom stereocenters. The minimum Gasteiger partial charge on any atom is -0.350 e. The second-order valence-electron chi connectivity index (χ2n) is 5.70. The Kier molecular flexibility index (Phi) is 5.47. The summed E-state index contributed by atoms with van der Waals surface area (Å²) < 4.78 is 1.75. The van der Waals surface area contributed by atoms with Crippen molar-refractivity contribution in [1.29, 1.82) is 0 Å². The highest BCUT2D eigenvalue weighted by atomic mass is 16.1. The molecule has 0 fully saturated rings. The minimum atomic E-state index is -0.112. The third kappa shape index (κ3) is 4.84. The topological polar surface area (TPSA) is 59.8 Å². The second kappa shape index (κ2) is 7.54. The van der Waals surface area contributed by atoms with Gasteiger partial charge in [0.25, 0.3) is 0 Å². The number of nitrogens with zero attached hydrogens (tertiary/aromatic N) is 3. The van der Waals surface area contributed by atoms with Crippen LogP contribution in [0.2, 0.25) is 0 Å². The SMILES string of the molecule is CC(C)C(C)NC(=O)/C=C/c1cn(Cc2ccccc2)nn1. The average molecular weight is 298 g/mol. The quantitative estimate of drug-likeness (QED) is 0.834. The molecule has 5 nitrogen and oxygen atoms in total. The lowest BCUT2D eigenvalue weighted by Crippen LogP contribution is -2.34. The lowest BCUT2D eigenvalue weighted by Gasteiger charge is -2.15. The molecule has 0 bridgehead atoms. The van der Waals surface area contributed by atoms with Crippen LogP contribution in [0, 0.1) is 5.92 Å². The van der Waals surface area contributed by atoms with E-state index >= 15 is 0 Å². The molecule has 0 radical (unpaired) electrons. The van der Waals surface area contributed by atoms with Gasteiger partial charge in [0.05, 0.1) is 12.7 Å². The highest BCUT2D eigenvalue weighted by Gasteiger charge is 2.08. The average Bonchev–Trinajstić information content (AvgIpc) is 2.93. The van der Waals surface area contributed by atoms with Crippen LogP contribution < -0.4 is 5.32 Å². The van der Waals surface area contributed by atoms with E-state index in [2.05, 4.69) is 29.5 Å². The van der Waals surface area contributed by atoms with Crippen molar-refractivity contribution in [3.8, 4) is 0 Å². The van der Waals surface area contributed by atoms with Crippen molar-refractivity contribution in [2.75, 3.05) is 0 Å². The first kappa shape index (κ1) is 15.9. The predicted molar refractivity (Wildman–Crippen MR) is 87.0 cm³/mol. The summed E-state index contributed by atoms with van der Waals surface area (Å²) in [4.78, 5) is 11.8. The van der Waals surface area contributed by atoms with Gasteiger partial charge in [-0.3, -0.25) is 4.79 Å². The van der Waals surface area contributed by atoms with E-state index in [1.807, 2.05) is 43.5 Å². The van der Waals surface area contributed by atoms with Crippen molar-refractivity contribution in [2.24, 2.45) is 5.92 Å². The van der Waals surface area contributed by atoms with Crippen LogP contribution in [0.25, 0.3) is 6.08 Å². The number of hydrogen-bond acceptors (Lipinski definition) is 3. The van der Waals surface area contributed by atoms with E-state index in [0.29, 0.717) is 18.2 Å². The zero-order chi connectivity index (χ0) is 15.9. The van der Waals surface area contributed by atoms with Gasteiger partial charge in [-0.15, -0.1) is 5.10 Å². The van der Waals surface area contributed by atoms with Gasteiger partial charge in [0, 0.05) is 12.1 Å². The van der Waals surface area contributed by atoms with Gasteiger partial charge < -0.3 is 5.32 Å². The standard InChI is InChI=1S/C17H22N4O/c1-13(2)14(3)18-17(22)10-9-16-12-21(20-19-16)11-15-7-5-4-6-8-15/h4-10,12-14H,11H2,1-3H3,(H,18,22)/b10-9+. The Balaban J connectivity index is 1.91. The largest absolute Gasteiger partial charge is 0.350 e. The normalized spacial score (nSPS) is 12.7. The van der Waals surface area contributed by atoms with Gasteiger partial charge in [-0.1, -0.05) is 49.4 Å². The van der Waals surface area contributed by atoms with E-state index in [-0.39, 0.29) is 11.9 Å². The van der Waals surface area contributed by atoms with Crippen molar-refractivity contribution in [3.63, 3.8) is 0 Å². The van der Waals surface area contributed by atoms with E-state index in [1.165, 1.54) is 6.08 Å². The van der Waals surface area contributed by atoms with Crippen LogP contribution in [0.1, 0.15) is 32.0 Å². The summed E-state index contributed by atoms with van der Waals surface area (Å²) >= 11 is 0. The molecule has 1 amide bonds. The van der Waals surface area contributed by atoms with Crippen LogP contribution in [-0.2, 0) is 11.3 Å². The Morgan fingerprint density at radius 2 is 2.00 bits per heavy atom. The predicted octanol–water partition coefficient (Wildman–Crippen LogP) is 2.50. The first-order valence-electron chi connectivity index (χ1n) is 7.47. The number of carbonyl (C=O) groups is 1. The molecule has 0 saturated heterocycles. The number of amides is 1. The molecule has 0 aliphatic heterocycles. The van der Waals surface area contributed by atoms with Gasteiger partial charge in [-0.05, 0) is 24.5 Å². The molecule has 1 heterocycles. The summed E-state index contributed by atoms with van der Waals surface area (Å²) in [6.07, 6.45) is 5.00. The molecule has 0 saturated carbocycles. The van der Waals surface area contributed by atoms with Gasteiger partial charge in [-0.25, -0.2) is 4.68 Å². The number of benzene rings is 1. The number of nitrogens with one attached hydrogen (secondary N) is 1. The summed E-state index contributed by atoms with van der Waals surface area (Å²) in [6, 6.07) is 10.2. The second-order valence-corrected chi connectivity index (χ2v) is 5.70. The number of carbonyl (C=O) groups excluding carboxylic acids is 1. The molecule has 1 aromatic heterocycles. The van der Waals surface area contributed by atoms with Gasteiger partial charge >= 0.3 is 0 Å². The molecule has 1 unspecified atom stereocenters. The number of aromatic nitrogens is 3. The Morgan fingerprint density at radius 1 is 1.27 bits per heavy atom. The van der Waals surface area contributed by atoms with E-state index in [1.54, 1.807) is 10.8 Å². The molecule has 22 heavy (non-hydrogen) atoms. The maximum absolute atomic E-state index is 11.8. The van der Waals surface area contributed by atoms with Crippen molar-refractivity contribution in [1.82, 2.24) is 20.3 Å².